The molecule has 4 rings (SSSR count). The minimum atomic E-state index is 0.737. The summed E-state index contributed by atoms with van der Waals surface area (Å²) in [6.45, 7) is 3.16. The number of ether oxygens (including phenoxy) is 1. The summed E-state index contributed by atoms with van der Waals surface area (Å²) in [5.74, 6) is 0.757. The smallest absolute Gasteiger partial charge is 0.227 e. The van der Waals surface area contributed by atoms with Crippen molar-refractivity contribution in [2.45, 2.75) is 0 Å². The second-order valence-corrected chi connectivity index (χ2v) is 5.79. The molecular weight excluding hydrogens is 282 g/mol. The molecule has 0 bridgehead atoms. The van der Waals surface area contributed by atoms with Gasteiger partial charge in [-0.3, -0.25) is 0 Å². The molecule has 0 saturated carbocycles. The monoisotopic (exact) mass is 296 g/mol. The zero-order valence-electron chi connectivity index (χ0n) is 11.5. The second kappa shape index (κ2) is 5.42. The molecule has 3 heterocycles. The first-order chi connectivity index (χ1) is 10.4. The van der Waals surface area contributed by atoms with Gasteiger partial charge in [0.1, 0.15) is 11.0 Å². The summed E-state index contributed by atoms with van der Waals surface area (Å²) in [6, 6.07) is 10.3. The summed E-state index contributed by atoms with van der Waals surface area (Å²) in [5, 5.41) is 3.14. The molecular formula is C16H14N3OS. The van der Waals surface area contributed by atoms with Crippen molar-refractivity contribution in [3.8, 4) is 11.1 Å². The van der Waals surface area contributed by atoms with E-state index < -0.39 is 0 Å². The summed E-state index contributed by atoms with van der Waals surface area (Å²) in [5.41, 5.74) is 2.34. The number of hydrogen-bond donors (Lipinski definition) is 0. The Bertz CT molecular complexity index is 751. The van der Waals surface area contributed by atoms with E-state index in [0.29, 0.717) is 0 Å². The highest BCUT2D eigenvalue weighted by Gasteiger charge is 2.16. The normalized spacial score (nSPS) is 15.5. The summed E-state index contributed by atoms with van der Waals surface area (Å²) in [7, 11) is 0. The lowest BCUT2D eigenvalue weighted by atomic mass is 10.1. The fraction of sp³-hybridized carbons (Fsp3) is 0.250. The summed E-state index contributed by atoms with van der Waals surface area (Å²) >= 11 is 1.65. The number of fused-ring (bicyclic) bond motifs is 1. The van der Waals surface area contributed by atoms with Crippen LogP contribution < -0.4 is 4.90 Å². The van der Waals surface area contributed by atoms with Crippen molar-refractivity contribution in [3.05, 3.63) is 41.9 Å². The average Bonchev–Trinajstić information content (AvgIpc) is 2.99. The maximum atomic E-state index is 5.37. The minimum Gasteiger partial charge on any atom is -0.378 e. The summed E-state index contributed by atoms with van der Waals surface area (Å²) in [4.78, 5) is 12.3. The molecule has 5 heteroatoms. The van der Waals surface area contributed by atoms with Crippen LogP contribution in [0.5, 0.6) is 0 Å². The molecule has 4 nitrogen and oxygen atoms in total. The number of morpholine rings is 1. The zero-order valence-corrected chi connectivity index (χ0v) is 12.3. The molecule has 0 unspecified atom stereocenters. The molecule has 1 aliphatic heterocycles. The van der Waals surface area contributed by atoms with E-state index in [4.69, 9.17) is 9.72 Å². The Morgan fingerprint density at radius 2 is 1.95 bits per heavy atom. The first-order valence-electron chi connectivity index (χ1n) is 6.97. The number of thiophene rings is 1. The fourth-order valence-corrected chi connectivity index (χ4v) is 3.39. The highest BCUT2D eigenvalue weighted by atomic mass is 32.1. The van der Waals surface area contributed by atoms with Crippen LogP contribution in [0.1, 0.15) is 0 Å². The molecule has 1 fully saturated rings. The molecule has 2 aromatic heterocycles. The van der Waals surface area contributed by atoms with Gasteiger partial charge in [0, 0.05) is 29.4 Å². The molecule has 1 radical (unpaired) electrons. The van der Waals surface area contributed by atoms with Gasteiger partial charge in [-0.15, -0.1) is 11.3 Å². The molecule has 1 aliphatic rings. The Hall–Kier alpha value is -1.98. The van der Waals surface area contributed by atoms with E-state index in [-0.39, 0.29) is 0 Å². The third-order valence-corrected chi connectivity index (χ3v) is 4.49. The van der Waals surface area contributed by atoms with E-state index >= 15 is 0 Å². The van der Waals surface area contributed by atoms with Crippen LogP contribution in [-0.4, -0.2) is 36.3 Å². The number of nitrogens with zero attached hydrogens (tertiary/aromatic N) is 3. The highest BCUT2D eigenvalue weighted by molar-refractivity contribution is 7.17. The van der Waals surface area contributed by atoms with Crippen LogP contribution in [0.15, 0.2) is 35.7 Å². The molecule has 3 aromatic rings. The predicted molar refractivity (Wildman–Crippen MR) is 84.7 cm³/mol. The van der Waals surface area contributed by atoms with Crippen LogP contribution in [-0.2, 0) is 4.74 Å². The largest absolute Gasteiger partial charge is 0.378 e. The van der Waals surface area contributed by atoms with Crippen LogP contribution in [0.3, 0.4) is 0 Å². The Balaban J connectivity index is 1.74. The first kappa shape index (κ1) is 12.7. The lowest BCUT2D eigenvalue weighted by Gasteiger charge is -2.26. The van der Waals surface area contributed by atoms with E-state index in [1.165, 1.54) is 5.56 Å². The Morgan fingerprint density at radius 3 is 2.76 bits per heavy atom. The third-order valence-electron chi connectivity index (χ3n) is 3.62. The van der Waals surface area contributed by atoms with Gasteiger partial charge in [0.15, 0.2) is 0 Å². The number of aromatic nitrogens is 2. The molecule has 0 spiro atoms. The Morgan fingerprint density at radius 1 is 1.14 bits per heavy atom. The standard InChI is InChI=1S/C16H14N3OS/c1-2-4-12(5-3-1)14-11-21-15-13(14)10-17-16(18-15)19-6-8-20-9-7-19/h1-5,11H,6-9H2. The maximum absolute atomic E-state index is 5.37. The van der Waals surface area contributed by atoms with E-state index in [1.807, 2.05) is 18.2 Å². The molecule has 0 atom stereocenters. The number of benzene rings is 1. The van der Waals surface area contributed by atoms with Crippen molar-refractivity contribution in [2.24, 2.45) is 0 Å². The fourth-order valence-electron chi connectivity index (χ4n) is 2.49. The lowest BCUT2D eigenvalue weighted by molar-refractivity contribution is 0.122. The average molecular weight is 296 g/mol. The molecule has 1 saturated heterocycles. The SMILES string of the molecule is [c]1nc(N2CCOCC2)nc2scc(-c3ccccc3)c12. The summed E-state index contributed by atoms with van der Waals surface area (Å²) < 4.78 is 5.37. The maximum Gasteiger partial charge on any atom is 0.227 e. The number of anilines is 1. The van der Waals surface area contributed by atoms with Crippen LogP contribution in [0.2, 0.25) is 0 Å². The van der Waals surface area contributed by atoms with Crippen molar-refractivity contribution in [1.82, 2.24) is 9.97 Å². The lowest BCUT2D eigenvalue weighted by Crippen LogP contribution is -2.37. The second-order valence-electron chi connectivity index (χ2n) is 4.93. The molecule has 0 amide bonds. The van der Waals surface area contributed by atoms with Crippen molar-refractivity contribution in [2.75, 3.05) is 31.2 Å². The van der Waals surface area contributed by atoms with Crippen LogP contribution >= 0.6 is 11.3 Å². The molecule has 1 aromatic carbocycles. The Labute approximate surface area is 127 Å². The summed E-state index contributed by atoms with van der Waals surface area (Å²) in [6.07, 6.45) is 3.18. The van der Waals surface area contributed by atoms with Crippen molar-refractivity contribution >= 4 is 27.5 Å². The van der Waals surface area contributed by atoms with Gasteiger partial charge < -0.3 is 9.64 Å². The number of hydrogen-bond acceptors (Lipinski definition) is 5. The van der Waals surface area contributed by atoms with Gasteiger partial charge >= 0.3 is 0 Å². The molecule has 105 valence electrons. The third kappa shape index (κ3) is 2.39. The zero-order chi connectivity index (χ0) is 14.1. The highest BCUT2D eigenvalue weighted by Crippen LogP contribution is 2.32. The molecule has 21 heavy (non-hydrogen) atoms. The van der Waals surface area contributed by atoms with Crippen LogP contribution in [0.4, 0.5) is 5.95 Å². The molecule has 0 N–H and O–H groups in total. The van der Waals surface area contributed by atoms with Gasteiger partial charge in [0.2, 0.25) is 5.95 Å². The van der Waals surface area contributed by atoms with Gasteiger partial charge in [0.05, 0.1) is 13.2 Å². The van der Waals surface area contributed by atoms with Gasteiger partial charge in [-0.25, -0.2) is 9.97 Å². The van der Waals surface area contributed by atoms with Crippen molar-refractivity contribution in [3.63, 3.8) is 0 Å². The number of rotatable bonds is 2. The van der Waals surface area contributed by atoms with E-state index in [2.05, 4.69) is 33.6 Å². The minimum absolute atomic E-state index is 0.737. The quantitative estimate of drug-likeness (QED) is 0.728. The van der Waals surface area contributed by atoms with E-state index in [1.54, 1.807) is 11.3 Å². The van der Waals surface area contributed by atoms with Crippen LogP contribution in [0.25, 0.3) is 21.3 Å². The van der Waals surface area contributed by atoms with E-state index in [0.717, 1.165) is 48.0 Å². The predicted octanol–water partition coefficient (Wildman–Crippen LogP) is 3.00. The Kier molecular flexibility index (Phi) is 3.29. The topological polar surface area (TPSA) is 38.2 Å². The van der Waals surface area contributed by atoms with Gasteiger partial charge in [-0.2, -0.15) is 0 Å². The molecule has 0 aliphatic carbocycles. The van der Waals surface area contributed by atoms with Crippen LogP contribution in [0, 0.1) is 6.20 Å². The van der Waals surface area contributed by atoms with Crippen molar-refractivity contribution < 1.29 is 4.74 Å². The van der Waals surface area contributed by atoms with Gasteiger partial charge in [-0.1, -0.05) is 30.3 Å². The van der Waals surface area contributed by atoms with Gasteiger partial charge in [-0.05, 0) is 5.56 Å². The van der Waals surface area contributed by atoms with Crippen molar-refractivity contribution in [1.29, 1.82) is 0 Å². The first-order valence-corrected chi connectivity index (χ1v) is 7.85. The van der Waals surface area contributed by atoms with Gasteiger partial charge in [0.25, 0.3) is 0 Å². The van der Waals surface area contributed by atoms with E-state index in [9.17, 15) is 0 Å².